The Morgan fingerprint density at radius 1 is 1.07 bits per heavy atom. The smallest absolute Gasteiger partial charge is 0.239 e. The molecule has 1 aliphatic rings. The summed E-state index contributed by atoms with van der Waals surface area (Å²) >= 11 is 0. The summed E-state index contributed by atoms with van der Waals surface area (Å²) in [5.74, 6) is 0.746. The second-order valence-electron chi connectivity index (χ2n) is 6.95. The highest BCUT2D eigenvalue weighted by Crippen LogP contribution is 2.28. The van der Waals surface area contributed by atoms with Crippen LogP contribution in [0.15, 0.2) is 48.5 Å². The normalized spacial score (nSPS) is 15.1. The van der Waals surface area contributed by atoms with E-state index in [0.717, 1.165) is 30.1 Å². The van der Waals surface area contributed by atoms with Gasteiger partial charge in [-0.3, -0.25) is 4.79 Å². The first kappa shape index (κ1) is 19.1. The number of rotatable bonds is 7. The first-order valence-corrected chi connectivity index (χ1v) is 9.69. The number of nitrogens with zero attached hydrogens (tertiary/aromatic N) is 1. The molecule has 27 heavy (non-hydrogen) atoms. The number of hydrogen-bond acceptors (Lipinski definition) is 4. The molecule has 0 spiro atoms. The minimum absolute atomic E-state index is 0.0400. The molecule has 0 saturated carbocycles. The summed E-state index contributed by atoms with van der Waals surface area (Å²) in [6.07, 6.45) is 3.76. The Morgan fingerprint density at radius 3 is 2.56 bits per heavy atom. The van der Waals surface area contributed by atoms with Gasteiger partial charge in [-0.25, -0.2) is 0 Å². The van der Waals surface area contributed by atoms with Crippen molar-refractivity contribution in [3.63, 3.8) is 0 Å². The zero-order chi connectivity index (χ0) is 19.1. The van der Waals surface area contributed by atoms with Gasteiger partial charge in [-0.2, -0.15) is 0 Å². The minimum atomic E-state index is -0.118. The van der Waals surface area contributed by atoms with E-state index in [1.165, 1.54) is 24.9 Å². The SMILES string of the molecule is COc1ccccc1C(C)NC(=O)CNc1ccccc1N1CCCCC1. The lowest BCUT2D eigenvalue weighted by molar-refractivity contribution is -0.120. The lowest BCUT2D eigenvalue weighted by atomic mass is 10.1. The molecule has 2 N–H and O–H groups in total. The van der Waals surface area contributed by atoms with E-state index in [1.54, 1.807) is 7.11 Å². The third kappa shape index (κ3) is 4.94. The van der Waals surface area contributed by atoms with Crippen LogP contribution in [-0.2, 0) is 4.79 Å². The molecule has 1 heterocycles. The number of piperidine rings is 1. The van der Waals surface area contributed by atoms with Crippen LogP contribution in [-0.4, -0.2) is 32.7 Å². The number of ether oxygens (including phenoxy) is 1. The van der Waals surface area contributed by atoms with Crippen LogP contribution in [0.3, 0.4) is 0 Å². The van der Waals surface area contributed by atoms with Crippen molar-refractivity contribution in [2.45, 2.75) is 32.2 Å². The van der Waals surface area contributed by atoms with Gasteiger partial charge in [0.2, 0.25) is 5.91 Å². The van der Waals surface area contributed by atoms with Crippen LogP contribution in [0.4, 0.5) is 11.4 Å². The molecule has 2 aromatic rings. The second-order valence-corrected chi connectivity index (χ2v) is 6.95. The van der Waals surface area contributed by atoms with Crippen LogP contribution >= 0.6 is 0 Å². The predicted octanol–water partition coefficient (Wildman–Crippen LogP) is 3.97. The van der Waals surface area contributed by atoms with Crippen molar-refractivity contribution in [3.05, 3.63) is 54.1 Å². The van der Waals surface area contributed by atoms with Crippen molar-refractivity contribution in [1.29, 1.82) is 0 Å². The maximum absolute atomic E-state index is 12.5. The van der Waals surface area contributed by atoms with Crippen molar-refractivity contribution < 1.29 is 9.53 Å². The van der Waals surface area contributed by atoms with Gasteiger partial charge in [0.15, 0.2) is 0 Å². The first-order valence-electron chi connectivity index (χ1n) is 9.69. The molecule has 5 heteroatoms. The number of methoxy groups -OCH3 is 1. The fourth-order valence-electron chi connectivity index (χ4n) is 3.60. The Morgan fingerprint density at radius 2 is 1.78 bits per heavy atom. The van der Waals surface area contributed by atoms with Crippen LogP contribution in [0.25, 0.3) is 0 Å². The summed E-state index contributed by atoms with van der Waals surface area (Å²) in [6, 6.07) is 15.9. The molecule has 0 radical (unpaired) electrons. The third-order valence-electron chi connectivity index (χ3n) is 5.02. The zero-order valence-corrected chi connectivity index (χ0v) is 16.2. The number of carbonyl (C=O) groups is 1. The number of carbonyl (C=O) groups excluding carboxylic acids is 1. The predicted molar refractivity (Wildman–Crippen MR) is 111 cm³/mol. The van der Waals surface area contributed by atoms with E-state index in [2.05, 4.69) is 27.7 Å². The van der Waals surface area contributed by atoms with Crippen molar-refractivity contribution in [3.8, 4) is 5.75 Å². The molecule has 0 bridgehead atoms. The first-order chi connectivity index (χ1) is 13.2. The van der Waals surface area contributed by atoms with Crippen molar-refractivity contribution in [2.24, 2.45) is 0 Å². The number of amides is 1. The molecule has 144 valence electrons. The highest BCUT2D eigenvalue weighted by molar-refractivity contribution is 5.83. The summed E-state index contributed by atoms with van der Waals surface area (Å²) in [5, 5.41) is 6.36. The molecule has 1 fully saturated rings. The van der Waals surface area contributed by atoms with E-state index in [4.69, 9.17) is 4.74 Å². The van der Waals surface area contributed by atoms with E-state index in [0.29, 0.717) is 0 Å². The monoisotopic (exact) mass is 367 g/mol. The van der Waals surface area contributed by atoms with Crippen LogP contribution < -0.4 is 20.3 Å². The fourth-order valence-corrected chi connectivity index (χ4v) is 3.60. The molecule has 2 aromatic carbocycles. The molecule has 1 unspecified atom stereocenters. The largest absolute Gasteiger partial charge is 0.496 e. The van der Waals surface area contributed by atoms with E-state index < -0.39 is 0 Å². The summed E-state index contributed by atoms with van der Waals surface area (Å²) in [7, 11) is 1.65. The van der Waals surface area contributed by atoms with Gasteiger partial charge < -0.3 is 20.3 Å². The van der Waals surface area contributed by atoms with Gasteiger partial charge >= 0.3 is 0 Å². The Bertz CT molecular complexity index is 757. The highest BCUT2D eigenvalue weighted by Gasteiger charge is 2.16. The standard InChI is InChI=1S/C22H29N3O2/c1-17(18-10-4-7-13-21(18)27-2)24-22(26)16-23-19-11-5-6-12-20(19)25-14-8-3-9-15-25/h4-7,10-13,17,23H,3,8-9,14-16H2,1-2H3,(H,24,26). The van der Waals surface area contributed by atoms with Crippen molar-refractivity contribution in [1.82, 2.24) is 5.32 Å². The van der Waals surface area contributed by atoms with Gasteiger partial charge in [-0.15, -0.1) is 0 Å². The van der Waals surface area contributed by atoms with Gasteiger partial charge in [0.25, 0.3) is 0 Å². The molecule has 1 aliphatic heterocycles. The molecule has 1 saturated heterocycles. The average molecular weight is 367 g/mol. The number of anilines is 2. The van der Waals surface area contributed by atoms with Gasteiger partial charge in [-0.1, -0.05) is 30.3 Å². The van der Waals surface area contributed by atoms with Crippen LogP contribution in [0, 0.1) is 0 Å². The average Bonchev–Trinajstić information content (AvgIpc) is 2.73. The van der Waals surface area contributed by atoms with Gasteiger partial charge in [0.05, 0.1) is 31.1 Å². The van der Waals surface area contributed by atoms with Gasteiger partial charge in [-0.05, 0) is 44.4 Å². The van der Waals surface area contributed by atoms with Crippen LogP contribution in [0.2, 0.25) is 0 Å². The van der Waals surface area contributed by atoms with Gasteiger partial charge in [0.1, 0.15) is 5.75 Å². The second kappa shape index (κ2) is 9.31. The van der Waals surface area contributed by atoms with E-state index in [9.17, 15) is 4.79 Å². The molecular weight excluding hydrogens is 338 g/mol. The van der Waals surface area contributed by atoms with Crippen molar-refractivity contribution in [2.75, 3.05) is 37.0 Å². The Balaban J connectivity index is 1.59. The van der Waals surface area contributed by atoms with Crippen molar-refractivity contribution >= 4 is 17.3 Å². The van der Waals surface area contributed by atoms with E-state index in [-0.39, 0.29) is 18.5 Å². The molecular formula is C22H29N3O2. The number of hydrogen-bond donors (Lipinski definition) is 2. The summed E-state index contributed by atoms with van der Waals surface area (Å²) in [6.45, 7) is 4.37. The Hall–Kier alpha value is -2.69. The molecule has 0 aliphatic carbocycles. The summed E-state index contributed by atoms with van der Waals surface area (Å²) in [4.78, 5) is 14.9. The molecule has 3 rings (SSSR count). The van der Waals surface area contributed by atoms with Gasteiger partial charge in [0, 0.05) is 18.7 Å². The quantitative estimate of drug-likeness (QED) is 0.777. The van der Waals surface area contributed by atoms with E-state index in [1.807, 2.05) is 43.3 Å². The Labute approximate surface area is 161 Å². The molecule has 5 nitrogen and oxygen atoms in total. The number of nitrogens with one attached hydrogen (secondary N) is 2. The number of para-hydroxylation sites is 3. The van der Waals surface area contributed by atoms with E-state index >= 15 is 0 Å². The molecule has 1 atom stereocenters. The molecule has 1 amide bonds. The number of benzene rings is 2. The maximum Gasteiger partial charge on any atom is 0.239 e. The zero-order valence-electron chi connectivity index (χ0n) is 16.2. The minimum Gasteiger partial charge on any atom is -0.496 e. The lowest BCUT2D eigenvalue weighted by Crippen LogP contribution is -2.33. The Kier molecular flexibility index (Phi) is 6.58. The topological polar surface area (TPSA) is 53.6 Å². The third-order valence-corrected chi connectivity index (χ3v) is 5.02. The summed E-state index contributed by atoms with van der Waals surface area (Å²) in [5.41, 5.74) is 3.17. The maximum atomic E-state index is 12.5. The summed E-state index contributed by atoms with van der Waals surface area (Å²) < 4.78 is 5.39. The van der Waals surface area contributed by atoms with Crippen LogP contribution in [0.1, 0.15) is 37.8 Å². The van der Waals surface area contributed by atoms with Crippen LogP contribution in [0.5, 0.6) is 5.75 Å². The fraction of sp³-hybridized carbons (Fsp3) is 0.409. The lowest BCUT2D eigenvalue weighted by Gasteiger charge is -2.30. The highest BCUT2D eigenvalue weighted by atomic mass is 16.5. The molecule has 0 aromatic heterocycles.